The Morgan fingerprint density at radius 3 is 2.58 bits per heavy atom. The largest absolute Gasteiger partial charge is 0.396 e. The molecule has 1 N–H and O–H groups in total. The molecule has 106 valence electrons. The second-order valence-electron chi connectivity index (χ2n) is 4.67. The van der Waals surface area contributed by atoms with E-state index in [1.54, 1.807) is 23.1 Å². The number of halogens is 2. The minimum atomic E-state index is 0.00710. The molecule has 0 heterocycles. The van der Waals surface area contributed by atoms with Crippen LogP contribution in [0.1, 0.15) is 25.8 Å². The highest BCUT2D eigenvalue weighted by atomic mass is 35.5. The molecule has 0 bridgehead atoms. The Morgan fingerprint density at radius 2 is 2.05 bits per heavy atom. The monoisotopic (exact) mass is 303 g/mol. The summed E-state index contributed by atoms with van der Waals surface area (Å²) in [5.74, 6) is 0.00710. The molecule has 0 atom stereocenters. The van der Waals surface area contributed by atoms with Crippen LogP contribution in [0.25, 0.3) is 0 Å². The number of carbonyl (C=O) groups is 1. The van der Waals surface area contributed by atoms with E-state index < -0.39 is 0 Å². The molecule has 5 heteroatoms. The van der Waals surface area contributed by atoms with Gasteiger partial charge in [-0.15, -0.1) is 0 Å². The zero-order chi connectivity index (χ0) is 14.4. The van der Waals surface area contributed by atoms with Crippen LogP contribution in [0, 0.1) is 0 Å². The van der Waals surface area contributed by atoms with Crippen molar-refractivity contribution in [1.29, 1.82) is 0 Å². The maximum absolute atomic E-state index is 12.2. The number of amides is 1. The highest BCUT2D eigenvalue weighted by Crippen LogP contribution is 2.22. The predicted molar refractivity (Wildman–Crippen MR) is 78.7 cm³/mol. The summed E-state index contributed by atoms with van der Waals surface area (Å²) in [7, 11) is 0. The number of nitrogens with zero attached hydrogens (tertiary/aromatic N) is 1. The molecule has 0 aliphatic rings. The summed E-state index contributed by atoms with van der Waals surface area (Å²) >= 11 is 11.9. The van der Waals surface area contributed by atoms with Gasteiger partial charge in [0.25, 0.3) is 0 Å². The van der Waals surface area contributed by atoms with Crippen LogP contribution in [0.4, 0.5) is 0 Å². The number of carbonyl (C=O) groups excluding carboxylic acids is 1. The average Bonchev–Trinajstić information content (AvgIpc) is 2.33. The van der Waals surface area contributed by atoms with Gasteiger partial charge in [-0.25, -0.2) is 0 Å². The van der Waals surface area contributed by atoms with Gasteiger partial charge >= 0.3 is 0 Å². The Labute approximate surface area is 124 Å². The Bertz CT molecular complexity index is 435. The SMILES string of the molecule is CC(C)N(CCCO)C(=O)Cc1ccc(Cl)cc1Cl. The Morgan fingerprint density at radius 1 is 1.37 bits per heavy atom. The molecule has 0 radical (unpaired) electrons. The fourth-order valence-corrected chi connectivity index (χ4v) is 2.32. The van der Waals surface area contributed by atoms with Gasteiger partial charge in [0, 0.05) is 29.2 Å². The molecule has 3 nitrogen and oxygen atoms in total. The van der Waals surface area contributed by atoms with Crippen LogP contribution in [0.5, 0.6) is 0 Å². The van der Waals surface area contributed by atoms with Crippen molar-refractivity contribution in [2.45, 2.75) is 32.7 Å². The zero-order valence-electron chi connectivity index (χ0n) is 11.2. The first-order valence-electron chi connectivity index (χ1n) is 6.30. The molecular formula is C14H19Cl2NO2. The van der Waals surface area contributed by atoms with Gasteiger partial charge in [0.05, 0.1) is 6.42 Å². The lowest BCUT2D eigenvalue weighted by Gasteiger charge is -2.26. The summed E-state index contributed by atoms with van der Waals surface area (Å²) in [4.78, 5) is 14.0. The van der Waals surface area contributed by atoms with Crippen molar-refractivity contribution in [3.63, 3.8) is 0 Å². The number of hydrogen-bond donors (Lipinski definition) is 1. The number of benzene rings is 1. The first-order chi connectivity index (χ1) is 8.95. The molecule has 0 unspecified atom stereocenters. The van der Waals surface area contributed by atoms with Crippen molar-refractivity contribution in [1.82, 2.24) is 4.90 Å². The van der Waals surface area contributed by atoms with E-state index in [0.29, 0.717) is 23.0 Å². The molecule has 0 aliphatic carbocycles. The van der Waals surface area contributed by atoms with Crippen molar-refractivity contribution < 1.29 is 9.90 Å². The molecule has 19 heavy (non-hydrogen) atoms. The van der Waals surface area contributed by atoms with Crippen molar-refractivity contribution in [3.8, 4) is 0 Å². The summed E-state index contributed by atoms with van der Waals surface area (Å²) in [5.41, 5.74) is 0.769. The van der Waals surface area contributed by atoms with Gasteiger partial charge in [0.15, 0.2) is 0 Å². The van der Waals surface area contributed by atoms with E-state index in [1.807, 2.05) is 13.8 Å². The highest BCUT2D eigenvalue weighted by molar-refractivity contribution is 6.35. The van der Waals surface area contributed by atoms with Gasteiger partial charge in [-0.05, 0) is 38.0 Å². The van der Waals surface area contributed by atoms with Gasteiger partial charge in [-0.2, -0.15) is 0 Å². The summed E-state index contributed by atoms with van der Waals surface area (Å²) in [6.07, 6.45) is 0.831. The third kappa shape index (κ3) is 5.01. The van der Waals surface area contributed by atoms with E-state index >= 15 is 0 Å². The average molecular weight is 304 g/mol. The minimum absolute atomic E-state index is 0.00710. The lowest BCUT2D eigenvalue weighted by atomic mass is 10.1. The molecule has 0 aliphatic heterocycles. The van der Waals surface area contributed by atoms with E-state index in [0.717, 1.165) is 5.56 Å². The van der Waals surface area contributed by atoms with Crippen molar-refractivity contribution >= 4 is 29.1 Å². The predicted octanol–water partition coefficient (Wildman–Crippen LogP) is 3.16. The van der Waals surface area contributed by atoms with Crippen molar-refractivity contribution in [3.05, 3.63) is 33.8 Å². The maximum atomic E-state index is 12.2. The third-order valence-corrected chi connectivity index (χ3v) is 3.44. The molecular weight excluding hydrogens is 285 g/mol. The number of rotatable bonds is 6. The van der Waals surface area contributed by atoms with Crippen LogP contribution in [-0.4, -0.2) is 35.1 Å². The molecule has 1 amide bonds. The van der Waals surface area contributed by atoms with Gasteiger partial charge in [-0.3, -0.25) is 4.79 Å². The molecule has 1 aromatic rings. The standard InChI is InChI=1S/C14H19Cl2NO2/c1-10(2)17(6-3-7-18)14(19)8-11-4-5-12(15)9-13(11)16/h4-5,9-10,18H,3,6-8H2,1-2H3. The van der Waals surface area contributed by atoms with Gasteiger partial charge in [0.1, 0.15) is 0 Å². The summed E-state index contributed by atoms with van der Waals surface area (Å²) in [6, 6.07) is 5.24. The minimum Gasteiger partial charge on any atom is -0.396 e. The van der Waals surface area contributed by atoms with Crippen LogP contribution in [0.15, 0.2) is 18.2 Å². The fraction of sp³-hybridized carbons (Fsp3) is 0.500. The smallest absolute Gasteiger partial charge is 0.227 e. The normalized spacial score (nSPS) is 10.8. The molecule has 1 rings (SSSR count). The van der Waals surface area contributed by atoms with Crippen molar-refractivity contribution in [2.75, 3.05) is 13.2 Å². The molecule has 0 aromatic heterocycles. The highest BCUT2D eigenvalue weighted by Gasteiger charge is 2.17. The van der Waals surface area contributed by atoms with Crippen LogP contribution >= 0.6 is 23.2 Å². The summed E-state index contributed by atoms with van der Waals surface area (Å²) in [6.45, 7) is 4.55. The zero-order valence-corrected chi connectivity index (χ0v) is 12.7. The first-order valence-corrected chi connectivity index (χ1v) is 7.05. The molecule has 1 aromatic carbocycles. The number of aliphatic hydroxyl groups is 1. The van der Waals surface area contributed by atoms with Crippen LogP contribution in [-0.2, 0) is 11.2 Å². The van der Waals surface area contributed by atoms with Gasteiger partial charge in [0.2, 0.25) is 5.91 Å². The maximum Gasteiger partial charge on any atom is 0.227 e. The quantitative estimate of drug-likeness (QED) is 0.877. The summed E-state index contributed by atoms with van der Waals surface area (Å²) < 4.78 is 0. The van der Waals surface area contributed by atoms with E-state index in [-0.39, 0.29) is 25.0 Å². The lowest BCUT2D eigenvalue weighted by molar-refractivity contribution is -0.132. The van der Waals surface area contributed by atoms with E-state index in [1.165, 1.54) is 0 Å². The van der Waals surface area contributed by atoms with E-state index in [4.69, 9.17) is 28.3 Å². The van der Waals surface area contributed by atoms with Crippen LogP contribution in [0.2, 0.25) is 10.0 Å². The molecule has 0 saturated carbocycles. The van der Waals surface area contributed by atoms with Gasteiger partial charge < -0.3 is 10.0 Å². The first kappa shape index (κ1) is 16.3. The summed E-state index contributed by atoms with van der Waals surface area (Å²) in [5, 5.41) is 9.93. The topological polar surface area (TPSA) is 40.5 Å². The van der Waals surface area contributed by atoms with E-state index in [2.05, 4.69) is 0 Å². The lowest BCUT2D eigenvalue weighted by Crippen LogP contribution is -2.39. The Hall–Kier alpha value is -0.770. The second-order valence-corrected chi connectivity index (χ2v) is 5.51. The van der Waals surface area contributed by atoms with Crippen LogP contribution < -0.4 is 0 Å². The third-order valence-electron chi connectivity index (χ3n) is 2.86. The van der Waals surface area contributed by atoms with Gasteiger partial charge in [-0.1, -0.05) is 29.3 Å². The fourth-order valence-electron chi connectivity index (χ4n) is 1.84. The second kappa shape index (κ2) is 7.73. The molecule has 0 saturated heterocycles. The molecule has 0 spiro atoms. The van der Waals surface area contributed by atoms with Crippen molar-refractivity contribution in [2.24, 2.45) is 0 Å². The van der Waals surface area contributed by atoms with Crippen LogP contribution in [0.3, 0.4) is 0 Å². The number of aliphatic hydroxyl groups excluding tert-OH is 1. The Balaban J connectivity index is 2.75. The number of hydrogen-bond acceptors (Lipinski definition) is 2. The molecule has 0 fully saturated rings. The Kier molecular flexibility index (Phi) is 6.63. The van der Waals surface area contributed by atoms with E-state index in [9.17, 15) is 4.79 Å².